The Bertz CT molecular complexity index is 1050. The van der Waals surface area contributed by atoms with Crippen molar-refractivity contribution in [1.29, 1.82) is 5.26 Å². The fourth-order valence-corrected chi connectivity index (χ4v) is 5.22. The lowest BCUT2D eigenvalue weighted by molar-refractivity contribution is 0.00613. The van der Waals surface area contributed by atoms with E-state index in [1.165, 1.54) is 0 Å². The third kappa shape index (κ3) is 3.48. The van der Waals surface area contributed by atoms with Crippen LogP contribution in [0.25, 0.3) is 0 Å². The van der Waals surface area contributed by atoms with E-state index in [4.69, 9.17) is 9.47 Å². The number of rotatable bonds is 1. The van der Waals surface area contributed by atoms with Crippen molar-refractivity contribution in [1.82, 2.24) is 4.90 Å². The summed E-state index contributed by atoms with van der Waals surface area (Å²) in [5, 5.41) is 9.32. The van der Waals surface area contributed by atoms with Crippen LogP contribution in [-0.2, 0) is 4.74 Å². The minimum absolute atomic E-state index is 0.176. The number of fused-ring (bicyclic) bond motifs is 4. The molecule has 0 saturated carbocycles. The first kappa shape index (κ1) is 19.7. The lowest BCUT2D eigenvalue weighted by Gasteiger charge is -2.45. The molecular weight excluding hydrogens is 390 g/mol. The quantitative estimate of drug-likeness (QED) is 0.593. The maximum Gasteiger partial charge on any atom is 0.410 e. The molecule has 5 rings (SSSR count). The van der Waals surface area contributed by atoms with E-state index in [1.54, 1.807) is 0 Å². The minimum atomic E-state index is -0.492. The van der Waals surface area contributed by atoms with E-state index in [-0.39, 0.29) is 24.2 Å². The van der Waals surface area contributed by atoms with Gasteiger partial charge in [-0.15, -0.1) is 0 Å². The van der Waals surface area contributed by atoms with Crippen LogP contribution in [0.15, 0.2) is 42.5 Å². The predicted molar refractivity (Wildman–Crippen MR) is 118 cm³/mol. The second-order valence-electron chi connectivity index (χ2n) is 9.63. The number of nitriles is 1. The van der Waals surface area contributed by atoms with E-state index in [1.807, 2.05) is 62.1 Å². The summed E-state index contributed by atoms with van der Waals surface area (Å²) in [6.07, 6.45) is 3.58. The highest BCUT2D eigenvalue weighted by atomic mass is 16.6. The molecule has 31 heavy (non-hydrogen) atoms. The van der Waals surface area contributed by atoms with Crippen LogP contribution in [0.1, 0.15) is 52.0 Å². The number of anilines is 2. The van der Waals surface area contributed by atoms with Gasteiger partial charge in [0.25, 0.3) is 0 Å². The van der Waals surface area contributed by atoms with Gasteiger partial charge in [0.2, 0.25) is 0 Å². The average Bonchev–Trinajstić information content (AvgIpc) is 3.00. The van der Waals surface area contributed by atoms with E-state index < -0.39 is 5.60 Å². The van der Waals surface area contributed by atoms with Gasteiger partial charge >= 0.3 is 6.09 Å². The van der Waals surface area contributed by atoms with E-state index in [0.29, 0.717) is 11.3 Å². The summed E-state index contributed by atoms with van der Waals surface area (Å²) in [4.78, 5) is 17.2. The first-order chi connectivity index (χ1) is 14.8. The van der Waals surface area contributed by atoms with Crippen molar-refractivity contribution < 1.29 is 14.3 Å². The molecule has 2 aromatic carbocycles. The van der Waals surface area contributed by atoms with Gasteiger partial charge in [-0.3, -0.25) is 0 Å². The van der Waals surface area contributed by atoms with E-state index in [2.05, 4.69) is 17.0 Å². The Kier molecular flexibility index (Phi) is 4.58. The Morgan fingerprint density at radius 2 is 1.71 bits per heavy atom. The van der Waals surface area contributed by atoms with Crippen molar-refractivity contribution in [3.05, 3.63) is 48.0 Å². The average molecular weight is 418 g/mol. The number of benzene rings is 2. The molecule has 2 fully saturated rings. The molecule has 3 heterocycles. The molecule has 1 amide bonds. The Labute approximate surface area is 183 Å². The van der Waals surface area contributed by atoms with Gasteiger partial charge < -0.3 is 19.3 Å². The summed E-state index contributed by atoms with van der Waals surface area (Å²) in [5.41, 5.74) is 2.11. The summed E-state index contributed by atoms with van der Waals surface area (Å²) < 4.78 is 11.8. The second kappa shape index (κ2) is 7.19. The first-order valence-electron chi connectivity index (χ1n) is 11.0. The Morgan fingerprint density at radius 3 is 2.39 bits per heavy atom. The molecular formula is C25H27N3O3. The molecule has 0 N–H and O–H groups in total. The monoisotopic (exact) mass is 417 g/mol. The lowest BCUT2D eigenvalue weighted by atomic mass is 9.94. The maximum atomic E-state index is 12.9. The van der Waals surface area contributed by atoms with Crippen molar-refractivity contribution in [2.24, 2.45) is 0 Å². The van der Waals surface area contributed by atoms with Gasteiger partial charge in [0.1, 0.15) is 5.60 Å². The SMILES string of the molecule is CC(C)(C)OC(=O)N1[C@@H]2CC[C@H]1C[C@H](N1c3ccccc3Oc3cc(C#N)ccc31)C2. The largest absolute Gasteiger partial charge is 0.453 e. The van der Waals surface area contributed by atoms with Crippen LogP contribution >= 0.6 is 0 Å². The molecule has 0 radical (unpaired) electrons. The van der Waals surface area contributed by atoms with Crippen LogP contribution in [0.5, 0.6) is 11.5 Å². The lowest BCUT2D eigenvalue weighted by Crippen LogP contribution is -2.53. The van der Waals surface area contributed by atoms with Gasteiger partial charge in [0, 0.05) is 24.2 Å². The number of nitrogens with zero attached hydrogens (tertiary/aromatic N) is 3. The molecule has 2 saturated heterocycles. The topological polar surface area (TPSA) is 65.8 Å². The zero-order chi connectivity index (χ0) is 21.8. The summed E-state index contributed by atoms with van der Waals surface area (Å²) in [6, 6.07) is 16.5. The predicted octanol–water partition coefficient (Wildman–Crippen LogP) is 5.73. The fraction of sp³-hybridized carbons (Fsp3) is 0.440. The Morgan fingerprint density at radius 1 is 1.03 bits per heavy atom. The third-order valence-corrected chi connectivity index (χ3v) is 6.37. The van der Waals surface area contributed by atoms with E-state index >= 15 is 0 Å². The van der Waals surface area contributed by atoms with Gasteiger partial charge in [-0.2, -0.15) is 5.26 Å². The zero-order valence-electron chi connectivity index (χ0n) is 18.2. The highest BCUT2D eigenvalue weighted by Crippen LogP contribution is 2.51. The van der Waals surface area contributed by atoms with Crippen LogP contribution in [0.3, 0.4) is 0 Å². The molecule has 6 heteroatoms. The number of hydrogen-bond acceptors (Lipinski definition) is 5. The number of ether oxygens (including phenoxy) is 2. The van der Waals surface area contributed by atoms with E-state index in [0.717, 1.165) is 42.8 Å². The summed E-state index contributed by atoms with van der Waals surface area (Å²) in [5.74, 6) is 1.51. The minimum Gasteiger partial charge on any atom is -0.453 e. The second-order valence-corrected chi connectivity index (χ2v) is 9.63. The normalized spacial score (nSPS) is 24.0. The van der Waals surface area contributed by atoms with Crippen LogP contribution in [-0.4, -0.2) is 34.7 Å². The molecule has 3 aliphatic rings. The zero-order valence-corrected chi connectivity index (χ0v) is 18.2. The fourth-order valence-electron chi connectivity index (χ4n) is 5.22. The molecule has 0 aliphatic carbocycles. The number of carbonyl (C=O) groups excluding carboxylic acids is 1. The van der Waals surface area contributed by atoms with Gasteiger partial charge in [-0.05, 0) is 70.7 Å². The Balaban J connectivity index is 1.47. The van der Waals surface area contributed by atoms with Crippen molar-refractivity contribution in [2.45, 2.75) is 70.2 Å². The number of hydrogen-bond donors (Lipinski definition) is 0. The standard InChI is InChI=1S/C25H27N3O3/c1-25(2,3)31-24(29)27-17-9-10-18(27)14-19(13-17)28-20-6-4-5-7-22(20)30-23-12-16(15-26)8-11-21(23)28/h4-8,11-12,17-19H,9-10,13-14H2,1-3H3/t17-,18+,19-. The molecule has 3 aliphatic heterocycles. The smallest absolute Gasteiger partial charge is 0.410 e. The van der Waals surface area contributed by atoms with Crippen LogP contribution in [0.2, 0.25) is 0 Å². The highest BCUT2D eigenvalue weighted by Gasteiger charge is 2.47. The molecule has 160 valence electrons. The molecule has 0 aromatic heterocycles. The highest BCUT2D eigenvalue weighted by molar-refractivity contribution is 5.79. The summed E-state index contributed by atoms with van der Waals surface area (Å²) in [7, 11) is 0. The van der Waals surface area contributed by atoms with Crippen molar-refractivity contribution in [3.63, 3.8) is 0 Å². The van der Waals surface area contributed by atoms with Crippen LogP contribution in [0, 0.1) is 11.3 Å². The van der Waals surface area contributed by atoms with Gasteiger partial charge in [-0.25, -0.2) is 4.79 Å². The van der Waals surface area contributed by atoms with Crippen molar-refractivity contribution in [2.75, 3.05) is 4.90 Å². The van der Waals surface area contributed by atoms with Gasteiger partial charge in [-0.1, -0.05) is 12.1 Å². The first-order valence-corrected chi connectivity index (χ1v) is 11.0. The van der Waals surface area contributed by atoms with Crippen molar-refractivity contribution in [3.8, 4) is 17.6 Å². The number of para-hydroxylation sites is 2. The molecule has 2 aromatic rings. The van der Waals surface area contributed by atoms with Crippen molar-refractivity contribution >= 4 is 17.5 Å². The number of amides is 1. The molecule has 2 bridgehead atoms. The van der Waals surface area contributed by atoms with Gasteiger partial charge in [0.05, 0.1) is 23.0 Å². The summed E-state index contributed by atoms with van der Waals surface area (Å²) in [6.45, 7) is 5.74. The van der Waals surface area contributed by atoms with E-state index in [9.17, 15) is 10.1 Å². The summed E-state index contributed by atoms with van der Waals surface area (Å²) >= 11 is 0. The third-order valence-electron chi connectivity index (χ3n) is 6.37. The molecule has 0 unspecified atom stereocenters. The van der Waals surface area contributed by atoms with Crippen LogP contribution < -0.4 is 9.64 Å². The number of piperidine rings is 1. The maximum absolute atomic E-state index is 12.9. The molecule has 0 spiro atoms. The molecule has 6 nitrogen and oxygen atoms in total. The molecule has 3 atom stereocenters. The Hall–Kier alpha value is -3.20. The number of carbonyl (C=O) groups is 1. The van der Waals surface area contributed by atoms with Crippen LogP contribution in [0.4, 0.5) is 16.2 Å². The van der Waals surface area contributed by atoms with Gasteiger partial charge in [0.15, 0.2) is 11.5 Å².